The molecule has 7 heteroatoms. The minimum Gasteiger partial charge on any atom is -0.493 e. The summed E-state index contributed by atoms with van der Waals surface area (Å²) in [5, 5.41) is 4.09. The molecule has 0 aliphatic carbocycles. The number of rotatable bonds is 6. The highest BCUT2D eigenvalue weighted by Gasteiger charge is 2.17. The van der Waals surface area contributed by atoms with Gasteiger partial charge in [-0.1, -0.05) is 35.5 Å². The highest BCUT2D eigenvalue weighted by molar-refractivity contribution is 5.69. The first-order valence-corrected chi connectivity index (χ1v) is 8.90. The van der Waals surface area contributed by atoms with E-state index < -0.39 is 0 Å². The Bertz CT molecular complexity index is 1130. The van der Waals surface area contributed by atoms with Crippen molar-refractivity contribution in [3.63, 3.8) is 0 Å². The van der Waals surface area contributed by atoms with Gasteiger partial charge in [-0.05, 0) is 30.3 Å². The zero-order valence-electron chi connectivity index (χ0n) is 16.2. The van der Waals surface area contributed by atoms with Gasteiger partial charge in [0, 0.05) is 11.1 Å². The molecule has 2 heterocycles. The van der Waals surface area contributed by atoms with Crippen molar-refractivity contribution in [2.24, 2.45) is 0 Å². The van der Waals surface area contributed by atoms with E-state index in [4.69, 9.17) is 18.7 Å². The summed E-state index contributed by atoms with van der Waals surface area (Å²) in [5.41, 5.74) is 3.16. The van der Waals surface area contributed by atoms with Crippen LogP contribution in [0.5, 0.6) is 17.4 Å². The predicted molar refractivity (Wildman–Crippen MR) is 108 cm³/mol. The van der Waals surface area contributed by atoms with Crippen molar-refractivity contribution >= 4 is 0 Å². The lowest BCUT2D eigenvalue weighted by Crippen LogP contribution is -1.95. The molecule has 0 aliphatic heterocycles. The molecular weight excluding hydrogens is 370 g/mol. The van der Waals surface area contributed by atoms with Crippen molar-refractivity contribution in [3.05, 3.63) is 60.7 Å². The van der Waals surface area contributed by atoms with E-state index in [-0.39, 0.29) is 0 Å². The molecule has 0 atom stereocenters. The van der Waals surface area contributed by atoms with Gasteiger partial charge < -0.3 is 18.7 Å². The largest absolute Gasteiger partial charge is 0.493 e. The van der Waals surface area contributed by atoms with Crippen molar-refractivity contribution in [2.75, 3.05) is 21.3 Å². The molecule has 4 aromatic rings. The maximum Gasteiger partial charge on any atom is 0.258 e. The summed E-state index contributed by atoms with van der Waals surface area (Å²) in [6.45, 7) is 0. The van der Waals surface area contributed by atoms with Gasteiger partial charge in [-0.2, -0.15) is 4.98 Å². The summed E-state index contributed by atoms with van der Waals surface area (Å²) in [5.74, 6) is 2.37. The Balaban J connectivity index is 1.69. The summed E-state index contributed by atoms with van der Waals surface area (Å²) < 4.78 is 21.5. The standard InChI is InChI=1S/C22H19N3O4/c1-26-18-12-9-15(13-19(18)27-2)21-24-20(25-29-21)16-10-11-17(23-22(16)28-3)14-7-5-4-6-8-14/h4-13H,1-3H3. The van der Waals surface area contributed by atoms with Crippen LogP contribution in [0.1, 0.15) is 0 Å². The number of pyridine rings is 1. The molecule has 146 valence electrons. The molecule has 2 aromatic carbocycles. The van der Waals surface area contributed by atoms with Gasteiger partial charge in [-0.3, -0.25) is 0 Å². The zero-order chi connectivity index (χ0) is 20.2. The Hall–Kier alpha value is -3.87. The van der Waals surface area contributed by atoms with E-state index in [1.807, 2.05) is 48.5 Å². The summed E-state index contributed by atoms with van der Waals surface area (Å²) >= 11 is 0. The summed E-state index contributed by atoms with van der Waals surface area (Å²) in [6.07, 6.45) is 0. The second-order valence-electron chi connectivity index (χ2n) is 6.11. The third kappa shape index (κ3) is 3.62. The molecule has 2 aromatic heterocycles. The van der Waals surface area contributed by atoms with Crippen LogP contribution < -0.4 is 14.2 Å². The fourth-order valence-corrected chi connectivity index (χ4v) is 2.96. The van der Waals surface area contributed by atoms with Crippen molar-refractivity contribution in [3.8, 4) is 51.5 Å². The van der Waals surface area contributed by atoms with Crippen molar-refractivity contribution < 1.29 is 18.7 Å². The lowest BCUT2D eigenvalue weighted by atomic mass is 10.1. The molecule has 0 fully saturated rings. The summed E-state index contributed by atoms with van der Waals surface area (Å²) in [6, 6.07) is 19.0. The molecule has 0 aliphatic rings. The number of methoxy groups -OCH3 is 3. The Kier molecular flexibility index (Phi) is 5.11. The maximum atomic E-state index is 5.47. The molecule has 4 rings (SSSR count). The molecule has 7 nitrogen and oxygen atoms in total. The first-order valence-electron chi connectivity index (χ1n) is 8.90. The van der Waals surface area contributed by atoms with Crippen molar-refractivity contribution in [2.45, 2.75) is 0 Å². The van der Waals surface area contributed by atoms with E-state index in [0.29, 0.717) is 40.2 Å². The quantitative estimate of drug-likeness (QED) is 0.481. The third-order valence-corrected chi connectivity index (χ3v) is 4.42. The van der Waals surface area contributed by atoms with Crippen molar-refractivity contribution in [1.82, 2.24) is 15.1 Å². The second-order valence-corrected chi connectivity index (χ2v) is 6.11. The molecule has 0 radical (unpaired) electrons. The van der Waals surface area contributed by atoms with Crippen LogP contribution in [0.15, 0.2) is 65.2 Å². The third-order valence-electron chi connectivity index (χ3n) is 4.42. The topological polar surface area (TPSA) is 79.5 Å². The highest BCUT2D eigenvalue weighted by atomic mass is 16.5. The fraction of sp³-hybridized carbons (Fsp3) is 0.136. The smallest absolute Gasteiger partial charge is 0.258 e. The Morgan fingerprint density at radius 1 is 0.724 bits per heavy atom. The van der Waals surface area contributed by atoms with Gasteiger partial charge in [0.1, 0.15) is 0 Å². The minimum atomic E-state index is 0.357. The van der Waals surface area contributed by atoms with Crippen LogP contribution in [-0.2, 0) is 0 Å². The Morgan fingerprint density at radius 2 is 1.52 bits per heavy atom. The molecule has 0 amide bonds. The van der Waals surface area contributed by atoms with E-state index in [1.165, 1.54) is 0 Å². The van der Waals surface area contributed by atoms with E-state index in [0.717, 1.165) is 11.3 Å². The van der Waals surface area contributed by atoms with E-state index >= 15 is 0 Å². The lowest BCUT2D eigenvalue weighted by molar-refractivity contribution is 0.355. The maximum absolute atomic E-state index is 5.47. The predicted octanol–water partition coefficient (Wildman–Crippen LogP) is 4.49. The van der Waals surface area contributed by atoms with Crippen LogP contribution in [0.4, 0.5) is 0 Å². The van der Waals surface area contributed by atoms with Crippen molar-refractivity contribution in [1.29, 1.82) is 0 Å². The molecule has 0 saturated heterocycles. The van der Waals surface area contributed by atoms with Crippen LogP contribution in [0.25, 0.3) is 34.1 Å². The molecule has 0 N–H and O–H groups in total. The number of hydrogen-bond acceptors (Lipinski definition) is 7. The first-order chi connectivity index (χ1) is 14.2. The van der Waals surface area contributed by atoms with Crippen LogP contribution >= 0.6 is 0 Å². The van der Waals surface area contributed by atoms with Crippen LogP contribution in [-0.4, -0.2) is 36.5 Å². The zero-order valence-corrected chi connectivity index (χ0v) is 16.2. The second kappa shape index (κ2) is 8.02. The number of nitrogens with zero attached hydrogens (tertiary/aromatic N) is 3. The molecule has 0 unspecified atom stereocenters. The van der Waals surface area contributed by atoms with Crippen LogP contribution in [0.2, 0.25) is 0 Å². The van der Waals surface area contributed by atoms with Gasteiger partial charge in [0.05, 0.1) is 32.6 Å². The SMILES string of the molecule is COc1ccc(-c2nc(-c3ccc(-c4ccccc4)nc3OC)no2)cc1OC. The monoisotopic (exact) mass is 389 g/mol. The number of hydrogen-bond donors (Lipinski definition) is 0. The van der Waals surface area contributed by atoms with Gasteiger partial charge in [-0.25, -0.2) is 4.98 Å². The van der Waals surface area contributed by atoms with Gasteiger partial charge in [0.15, 0.2) is 11.5 Å². The fourth-order valence-electron chi connectivity index (χ4n) is 2.96. The first kappa shape index (κ1) is 18.5. The summed E-state index contributed by atoms with van der Waals surface area (Å²) in [7, 11) is 4.72. The lowest BCUT2D eigenvalue weighted by Gasteiger charge is -2.07. The molecule has 0 bridgehead atoms. The van der Waals surface area contributed by atoms with Crippen LogP contribution in [0.3, 0.4) is 0 Å². The van der Waals surface area contributed by atoms with E-state index in [1.54, 1.807) is 33.5 Å². The van der Waals surface area contributed by atoms with Gasteiger partial charge in [0.25, 0.3) is 5.89 Å². The minimum absolute atomic E-state index is 0.357. The van der Waals surface area contributed by atoms with E-state index in [9.17, 15) is 0 Å². The molecular formula is C22H19N3O4. The normalized spacial score (nSPS) is 10.6. The van der Waals surface area contributed by atoms with Gasteiger partial charge in [-0.15, -0.1) is 0 Å². The molecule has 0 saturated carbocycles. The summed E-state index contributed by atoms with van der Waals surface area (Å²) in [4.78, 5) is 9.09. The average Bonchev–Trinajstić information content (AvgIpc) is 3.28. The highest BCUT2D eigenvalue weighted by Crippen LogP contribution is 2.34. The number of benzene rings is 2. The average molecular weight is 389 g/mol. The number of ether oxygens (including phenoxy) is 3. The Morgan fingerprint density at radius 3 is 2.24 bits per heavy atom. The van der Waals surface area contributed by atoms with Crippen LogP contribution in [0, 0.1) is 0 Å². The molecule has 0 spiro atoms. The van der Waals surface area contributed by atoms with E-state index in [2.05, 4.69) is 15.1 Å². The Labute approximate surface area is 167 Å². The van der Waals surface area contributed by atoms with Gasteiger partial charge >= 0.3 is 0 Å². The van der Waals surface area contributed by atoms with Gasteiger partial charge in [0.2, 0.25) is 11.7 Å². The molecule has 29 heavy (non-hydrogen) atoms. The number of aromatic nitrogens is 3.